The van der Waals surface area contributed by atoms with E-state index in [1.165, 1.54) is 10.5 Å². The molecule has 3 rings (SSSR count). The van der Waals surface area contributed by atoms with E-state index in [4.69, 9.17) is 9.47 Å². The molecule has 1 fully saturated rings. The van der Waals surface area contributed by atoms with Gasteiger partial charge in [0.1, 0.15) is 0 Å². The van der Waals surface area contributed by atoms with Crippen molar-refractivity contribution < 1.29 is 9.47 Å². The standard InChI is InChI=1S/C12H15NO2S/c1-9-11(16-8-13-9)10-2-4-12(5-3-10)14-6-7-15-12/h2,8H,3-7H2,1H3. The minimum atomic E-state index is -0.303. The van der Waals surface area contributed by atoms with Gasteiger partial charge in [-0.25, -0.2) is 4.98 Å². The van der Waals surface area contributed by atoms with E-state index in [9.17, 15) is 0 Å². The third kappa shape index (κ3) is 1.71. The first kappa shape index (κ1) is 10.4. The molecule has 0 aromatic carbocycles. The Balaban J connectivity index is 1.81. The Morgan fingerprint density at radius 1 is 1.38 bits per heavy atom. The number of hydrogen-bond donors (Lipinski definition) is 0. The Morgan fingerprint density at radius 2 is 2.19 bits per heavy atom. The van der Waals surface area contributed by atoms with E-state index >= 15 is 0 Å². The highest BCUT2D eigenvalue weighted by atomic mass is 32.1. The molecule has 0 atom stereocenters. The zero-order chi connectivity index (χ0) is 11.0. The minimum Gasteiger partial charge on any atom is -0.347 e. The van der Waals surface area contributed by atoms with E-state index in [-0.39, 0.29) is 5.79 Å². The van der Waals surface area contributed by atoms with Gasteiger partial charge in [-0.2, -0.15) is 0 Å². The molecule has 0 amide bonds. The highest BCUT2D eigenvalue weighted by molar-refractivity contribution is 7.10. The van der Waals surface area contributed by atoms with E-state index in [0.717, 1.165) is 38.2 Å². The molecular formula is C12H15NO2S. The fourth-order valence-corrected chi connectivity index (χ4v) is 3.26. The van der Waals surface area contributed by atoms with Gasteiger partial charge in [-0.1, -0.05) is 6.08 Å². The van der Waals surface area contributed by atoms with Crippen molar-refractivity contribution in [2.24, 2.45) is 0 Å². The first-order valence-corrected chi connectivity index (χ1v) is 6.54. The molecule has 0 N–H and O–H groups in total. The summed E-state index contributed by atoms with van der Waals surface area (Å²) in [7, 11) is 0. The van der Waals surface area contributed by atoms with E-state index < -0.39 is 0 Å². The Labute approximate surface area is 99.1 Å². The summed E-state index contributed by atoms with van der Waals surface area (Å²) >= 11 is 1.73. The molecule has 4 heteroatoms. The van der Waals surface area contributed by atoms with Crippen LogP contribution in [0.25, 0.3) is 5.57 Å². The second-order valence-electron chi connectivity index (χ2n) is 4.31. The number of allylic oxidation sites excluding steroid dienone is 1. The van der Waals surface area contributed by atoms with Gasteiger partial charge in [0, 0.05) is 12.8 Å². The third-order valence-corrected chi connectivity index (χ3v) is 4.29. The van der Waals surface area contributed by atoms with Gasteiger partial charge in [-0.15, -0.1) is 11.3 Å². The minimum absolute atomic E-state index is 0.303. The van der Waals surface area contributed by atoms with Crippen molar-refractivity contribution in [3.63, 3.8) is 0 Å². The molecule has 0 saturated carbocycles. The Bertz CT molecular complexity index is 418. The van der Waals surface area contributed by atoms with Gasteiger partial charge in [0.15, 0.2) is 5.79 Å². The molecule has 0 bridgehead atoms. The summed E-state index contributed by atoms with van der Waals surface area (Å²) in [6.07, 6.45) is 5.13. The zero-order valence-corrected chi connectivity index (χ0v) is 10.2. The molecule has 1 aliphatic heterocycles. The van der Waals surface area contributed by atoms with Gasteiger partial charge >= 0.3 is 0 Å². The van der Waals surface area contributed by atoms with Crippen LogP contribution < -0.4 is 0 Å². The lowest BCUT2D eigenvalue weighted by Gasteiger charge is -2.30. The lowest BCUT2D eigenvalue weighted by Crippen LogP contribution is -2.31. The topological polar surface area (TPSA) is 31.4 Å². The highest BCUT2D eigenvalue weighted by Crippen LogP contribution is 2.39. The van der Waals surface area contributed by atoms with Crippen molar-refractivity contribution in [3.8, 4) is 0 Å². The molecule has 1 aromatic rings. The van der Waals surface area contributed by atoms with Crippen molar-refractivity contribution >= 4 is 16.9 Å². The maximum Gasteiger partial charge on any atom is 0.172 e. The number of thiazole rings is 1. The number of aryl methyl sites for hydroxylation is 1. The summed E-state index contributed by atoms with van der Waals surface area (Å²) in [5.41, 5.74) is 4.46. The number of aromatic nitrogens is 1. The SMILES string of the molecule is Cc1ncsc1C1=CCC2(CC1)OCCO2. The van der Waals surface area contributed by atoms with Crippen LogP contribution in [0, 0.1) is 6.92 Å². The Hall–Kier alpha value is -0.710. The molecule has 2 aliphatic rings. The van der Waals surface area contributed by atoms with Crippen LogP contribution >= 0.6 is 11.3 Å². The van der Waals surface area contributed by atoms with Gasteiger partial charge < -0.3 is 9.47 Å². The maximum absolute atomic E-state index is 5.70. The second-order valence-corrected chi connectivity index (χ2v) is 5.16. The summed E-state index contributed by atoms with van der Waals surface area (Å²) in [5.74, 6) is -0.303. The van der Waals surface area contributed by atoms with E-state index in [1.54, 1.807) is 11.3 Å². The predicted octanol–water partition coefficient (Wildman–Crippen LogP) is 2.76. The molecule has 1 aromatic heterocycles. The first-order chi connectivity index (χ1) is 7.79. The molecule has 1 spiro atoms. The van der Waals surface area contributed by atoms with E-state index in [2.05, 4.69) is 18.0 Å². The molecule has 3 nitrogen and oxygen atoms in total. The average Bonchev–Trinajstić information content (AvgIpc) is 2.90. The normalized spacial score (nSPS) is 23.7. The Kier molecular flexibility index (Phi) is 2.58. The van der Waals surface area contributed by atoms with E-state index in [0.29, 0.717) is 0 Å². The van der Waals surface area contributed by atoms with Crippen LogP contribution in [0.1, 0.15) is 29.8 Å². The van der Waals surface area contributed by atoms with Gasteiger partial charge in [0.25, 0.3) is 0 Å². The quantitative estimate of drug-likeness (QED) is 0.752. The predicted molar refractivity (Wildman–Crippen MR) is 63.3 cm³/mol. The van der Waals surface area contributed by atoms with Crippen LogP contribution in [-0.4, -0.2) is 24.0 Å². The molecule has 86 valence electrons. The van der Waals surface area contributed by atoms with Crippen molar-refractivity contribution in [1.29, 1.82) is 0 Å². The first-order valence-electron chi connectivity index (χ1n) is 5.66. The lowest BCUT2D eigenvalue weighted by molar-refractivity contribution is -0.159. The van der Waals surface area contributed by atoms with Gasteiger partial charge in [0.2, 0.25) is 0 Å². The molecule has 0 radical (unpaired) electrons. The van der Waals surface area contributed by atoms with Gasteiger partial charge in [-0.3, -0.25) is 0 Å². The van der Waals surface area contributed by atoms with Crippen LogP contribution in [0.15, 0.2) is 11.6 Å². The summed E-state index contributed by atoms with van der Waals surface area (Å²) in [6, 6.07) is 0. The molecule has 16 heavy (non-hydrogen) atoms. The summed E-state index contributed by atoms with van der Waals surface area (Å²) in [6.45, 7) is 3.55. The summed E-state index contributed by atoms with van der Waals surface area (Å²) in [4.78, 5) is 5.62. The monoisotopic (exact) mass is 237 g/mol. The third-order valence-electron chi connectivity index (χ3n) is 3.29. The highest BCUT2D eigenvalue weighted by Gasteiger charge is 2.37. The number of hydrogen-bond acceptors (Lipinski definition) is 4. The summed E-state index contributed by atoms with van der Waals surface area (Å²) in [5, 5.41) is 0. The summed E-state index contributed by atoms with van der Waals surface area (Å²) < 4.78 is 11.4. The van der Waals surface area contributed by atoms with Crippen molar-refractivity contribution in [3.05, 3.63) is 22.2 Å². The van der Waals surface area contributed by atoms with Crippen molar-refractivity contribution in [1.82, 2.24) is 4.98 Å². The average molecular weight is 237 g/mol. The number of nitrogens with zero attached hydrogens (tertiary/aromatic N) is 1. The van der Waals surface area contributed by atoms with Crippen LogP contribution in [0.5, 0.6) is 0 Å². The molecule has 2 heterocycles. The maximum atomic E-state index is 5.70. The van der Waals surface area contributed by atoms with Crippen molar-refractivity contribution in [2.45, 2.75) is 32.0 Å². The Morgan fingerprint density at radius 3 is 2.75 bits per heavy atom. The lowest BCUT2D eigenvalue weighted by atomic mass is 9.93. The zero-order valence-electron chi connectivity index (χ0n) is 9.36. The second kappa shape index (κ2) is 3.95. The fourth-order valence-electron chi connectivity index (χ4n) is 2.38. The van der Waals surface area contributed by atoms with Crippen LogP contribution in [0.3, 0.4) is 0 Å². The molecule has 1 saturated heterocycles. The molecule has 1 aliphatic carbocycles. The fraction of sp³-hybridized carbons (Fsp3) is 0.583. The molecular weight excluding hydrogens is 222 g/mol. The number of ether oxygens (including phenoxy) is 2. The van der Waals surface area contributed by atoms with Gasteiger partial charge in [-0.05, 0) is 18.9 Å². The number of rotatable bonds is 1. The van der Waals surface area contributed by atoms with E-state index in [1.807, 2.05) is 5.51 Å². The van der Waals surface area contributed by atoms with Crippen molar-refractivity contribution in [2.75, 3.05) is 13.2 Å². The van der Waals surface area contributed by atoms with Crippen LogP contribution in [0.4, 0.5) is 0 Å². The van der Waals surface area contributed by atoms with Crippen LogP contribution in [-0.2, 0) is 9.47 Å². The largest absolute Gasteiger partial charge is 0.347 e. The smallest absolute Gasteiger partial charge is 0.172 e. The van der Waals surface area contributed by atoms with Gasteiger partial charge in [0.05, 0.1) is 29.3 Å². The molecule has 0 unspecified atom stereocenters. The van der Waals surface area contributed by atoms with Crippen LogP contribution in [0.2, 0.25) is 0 Å².